The maximum absolute atomic E-state index is 8.97. The van der Waals surface area contributed by atoms with Crippen molar-refractivity contribution in [2.75, 3.05) is 19.7 Å². The third-order valence-electron chi connectivity index (χ3n) is 2.23. The number of aliphatic hydroxyl groups excluding tert-OH is 1. The van der Waals surface area contributed by atoms with Crippen LogP contribution < -0.4 is 5.73 Å². The summed E-state index contributed by atoms with van der Waals surface area (Å²) in [5.41, 5.74) is 5.46. The summed E-state index contributed by atoms with van der Waals surface area (Å²) in [6.45, 7) is 8.34. The van der Waals surface area contributed by atoms with E-state index in [-0.39, 0.29) is 6.61 Å². The second kappa shape index (κ2) is 7.15. The Labute approximate surface area is 92.3 Å². The predicted molar refractivity (Wildman–Crippen MR) is 64.4 cm³/mol. The first-order valence-electron chi connectivity index (χ1n) is 5.10. The SMILES string of the molecule is CC(CO)CN(CCC(N)=S)C(C)C. The molecule has 3 nitrogen and oxygen atoms in total. The van der Waals surface area contributed by atoms with Gasteiger partial charge in [-0.3, -0.25) is 0 Å². The zero-order chi connectivity index (χ0) is 11.1. The third kappa shape index (κ3) is 6.29. The molecule has 3 N–H and O–H groups in total. The van der Waals surface area contributed by atoms with E-state index in [1.807, 2.05) is 6.92 Å². The lowest BCUT2D eigenvalue weighted by Gasteiger charge is -2.28. The lowest BCUT2D eigenvalue weighted by Crippen LogP contribution is -2.37. The van der Waals surface area contributed by atoms with Crippen molar-refractivity contribution in [3.63, 3.8) is 0 Å². The quantitative estimate of drug-likeness (QED) is 0.626. The van der Waals surface area contributed by atoms with Crippen LogP contribution in [0.4, 0.5) is 0 Å². The minimum Gasteiger partial charge on any atom is -0.396 e. The van der Waals surface area contributed by atoms with E-state index in [9.17, 15) is 0 Å². The second-order valence-corrected chi connectivity index (χ2v) is 4.62. The molecule has 84 valence electrons. The summed E-state index contributed by atoms with van der Waals surface area (Å²) in [4.78, 5) is 2.85. The van der Waals surface area contributed by atoms with Gasteiger partial charge < -0.3 is 15.7 Å². The van der Waals surface area contributed by atoms with Crippen LogP contribution in [0.5, 0.6) is 0 Å². The van der Waals surface area contributed by atoms with Crippen LogP contribution in [0, 0.1) is 5.92 Å². The predicted octanol–water partition coefficient (Wildman–Crippen LogP) is 1.00. The van der Waals surface area contributed by atoms with Crippen LogP contribution in [0.1, 0.15) is 27.2 Å². The monoisotopic (exact) mass is 218 g/mol. The molecule has 1 unspecified atom stereocenters. The van der Waals surface area contributed by atoms with Crippen molar-refractivity contribution in [3.05, 3.63) is 0 Å². The van der Waals surface area contributed by atoms with Crippen molar-refractivity contribution < 1.29 is 5.11 Å². The fraction of sp³-hybridized carbons (Fsp3) is 0.900. The summed E-state index contributed by atoms with van der Waals surface area (Å²) in [6.07, 6.45) is 0.756. The first-order chi connectivity index (χ1) is 6.47. The van der Waals surface area contributed by atoms with Crippen molar-refractivity contribution in [1.82, 2.24) is 4.90 Å². The molecule has 0 aromatic carbocycles. The lowest BCUT2D eigenvalue weighted by atomic mass is 10.1. The van der Waals surface area contributed by atoms with Crippen molar-refractivity contribution >= 4 is 17.2 Å². The van der Waals surface area contributed by atoms with E-state index in [4.69, 9.17) is 23.1 Å². The van der Waals surface area contributed by atoms with Crippen LogP contribution >= 0.6 is 12.2 Å². The van der Waals surface area contributed by atoms with Gasteiger partial charge in [0.15, 0.2) is 0 Å². The van der Waals surface area contributed by atoms with Gasteiger partial charge in [-0.05, 0) is 19.8 Å². The Hall–Kier alpha value is -0.190. The first-order valence-corrected chi connectivity index (χ1v) is 5.51. The zero-order valence-corrected chi connectivity index (χ0v) is 10.2. The molecule has 0 rings (SSSR count). The van der Waals surface area contributed by atoms with Crippen LogP contribution in [0.25, 0.3) is 0 Å². The minimum absolute atomic E-state index is 0.232. The van der Waals surface area contributed by atoms with E-state index in [0.29, 0.717) is 16.9 Å². The van der Waals surface area contributed by atoms with Crippen LogP contribution in [-0.4, -0.2) is 40.7 Å². The summed E-state index contributed by atoms with van der Waals surface area (Å²) in [5.74, 6) is 0.309. The fourth-order valence-corrected chi connectivity index (χ4v) is 1.36. The van der Waals surface area contributed by atoms with Crippen molar-refractivity contribution in [1.29, 1.82) is 0 Å². The number of hydrogen-bond acceptors (Lipinski definition) is 3. The fourth-order valence-electron chi connectivity index (χ4n) is 1.27. The van der Waals surface area contributed by atoms with Crippen molar-refractivity contribution in [3.8, 4) is 0 Å². The van der Waals surface area contributed by atoms with Gasteiger partial charge in [0.25, 0.3) is 0 Å². The number of aliphatic hydroxyl groups is 1. The molecule has 0 aliphatic carbocycles. The normalized spacial score (nSPS) is 13.6. The summed E-state index contributed by atoms with van der Waals surface area (Å²) >= 11 is 4.84. The van der Waals surface area contributed by atoms with Gasteiger partial charge in [-0.2, -0.15) is 0 Å². The summed E-state index contributed by atoms with van der Waals surface area (Å²) in [7, 11) is 0. The highest BCUT2D eigenvalue weighted by molar-refractivity contribution is 7.80. The van der Waals surface area contributed by atoms with E-state index in [2.05, 4.69) is 18.7 Å². The van der Waals surface area contributed by atoms with E-state index >= 15 is 0 Å². The van der Waals surface area contributed by atoms with Gasteiger partial charge in [0.1, 0.15) is 0 Å². The lowest BCUT2D eigenvalue weighted by molar-refractivity contribution is 0.152. The summed E-state index contributed by atoms with van der Waals surface area (Å²) in [5, 5.41) is 8.97. The number of thiocarbonyl (C=S) groups is 1. The standard InChI is InChI=1S/C10H22N2OS/c1-8(2)12(5-4-10(11)14)6-9(3)7-13/h8-9,13H,4-7H2,1-3H3,(H2,11,14). The Bertz CT molecular complexity index is 174. The molecule has 0 fully saturated rings. The third-order valence-corrected chi connectivity index (χ3v) is 2.44. The molecular formula is C10H22N2OS. The van der Waals surface area contributed by atoms with Crippen LogP contribution in [0.15, 0.2) is 0 Å². The van der Waals surface area contributed by atoms with Gasteiger partial charge in [-0.25, -0.2) is 0 Å². The molecular weight excluding hydrogens is 196 g/mol. The maximum atomic E-state index is 8.97. The van der Waals surface area contributed by atoms with Gasteiger partial charge in [0, 0.05) is 32.2 Å². The molecule has 0 radical (unpaired) electrons. The number of nitrogens with zero attached hydrogens (tertiary/aromatic N) is 1. The molecule has 0 amide bonds. The Balaban J connectivity index is 3.95. The van der Waals surface area contributed by atoms with Gasteiger partial charge in [0.2, 0.25) is 0 Å². The summed E-state index contributed by atoms with van der Waals surface area (Å²) < 4.78 is 0. The van der Waals surface area contributed by atoms with Crippen molar-refractivity contribution in [2.24, 2.45) is 11.7 Å². The van der Waals surface area contributed by atoms with Crippen LogP contribution in [-0.2, 0) is 0 Å². The van der Waals surface area contributed by atoms with E-state index < -0.39 is 0 Å². The topological polar surface area (TPSA) is 49.5 Å². The van der Waals surface area contributed by atoms with Gasteiger partial charge in [-0.1, -0.05) is 19.1 Å². The van der Waals surface area contributed by atoms with Crippen molar-refractivity contribution in [2.45, 2.75) is 33.2 Å². The molecule has 0 aliphatic rings. The molecule has 1 atom stereocenters. The molecule has 14 heavy (non-hydrogen) atoms. The highest BCUT2D eigenvalue weighted by atomic mass is 32.1. The highest BCUT2D eigenvalue weighted by Gasteiger charge is 2.12. The molecule has 0 bridgehead atoms. The molecule has 0 spiro atoms. The highest BCUT2D eigenvalue weighted by Crippen LogP contribution is 2.05. The minimum atomic E-state index is 0.232. The molecule has 0 saturated heterocycles. The molecule has 4 heteroatoms. The Kier molecular flexibility index (Phi) is 7.05. The number of hydrogen-bond donors (Lipinski definition) is 2. The van der Waals surface area contributed by atoms with Gasteiger partial charge in [-0.15, -0.1) is 0 Å². The van der Waals surface area contributed by atoms with E-state index in [1.54, 1.807) is 0 Å². The first kappa shape index (κ1) is 13.8. The maximum Gasteiger partial charge on any atom is 0.0740 e. The van der Waals surface area contributed by atoms with Crippen LogP contribution in [0.3, 0.4) is 0 Å². The smallest absolute Gasteiger partial charge is 0.0740 e. The molecule has 0 aliphatic heterocycles. The molecule has 0 aromatic heterocycles. The average Bonchev–Trinajstić information content (AvgIpc) is 2.10. The van der Waals surface area contributed by atoms with E-state index in [1.165, 1.54) is 0 Å². The van der Waals surface area contributed by atoms with Gasteiger partial charge in [0.05, 0.1) is 4.99 Å². The molecule has 0 aromatic rings. The Morgan fingerprint density at radius 2 is 2.00 bits per heavy atom. The Morgan fingerprint density at radius 3 is 2.36 bits per heavy atom. The molecule has 0 heterocycles. The average molecular weight is 218 g/mol. The largest absolute Gasteiger partial charge is 0.396 e. The van der Waals surface area contributed by atoms with E-state index in [0.717, 1.165) is 19.5 Å². The zero-order valence-electron chi connectivity index (χ0n) is 9.36. The number of rotatable bonds is 7. The van der Waals surface area contributed by atoms with Crippen LogP contribution in [0.2, 0.25) is 0 Å². The second-order valence-electron chi connectivity index (χ2n) is 4.09. The van der Waals surface area contributed by atoms with Gasteiger partial charge >= 0.3 is 0 Å². The Morgan fingerprint density at radius 1 is 1.43 bits per heavy atom. The number of nitrogens with two attached hydrogens (primary N) is 1. The summed E-state index contributed by atoms with van der Waals surface area (Å²) in [6, 6.07) is 0.471. The molecule has 0 saturated carbocycles.